The second-order valence-corrected chi connectivity index (χ2v) is 3.76. The highest BCUT2D eigenvalue weighted by atomic mass is 16.3. The van der Waals surface area contributed by atoms with Gasteiger partial charge in [0, 0.05) is 5.41 Å². The summed E-state index contributed by atoms with van der Waals surface area (Å²) in [5.41, 5.74) is -0.584. The monoisotopic (exact) mass is 166 g/mol. The van der Waals surface area contributed by atoms with Crippen molar-refractivity contribution in [2.45, 2.75) is 39.7 Å². The molecule has 0 spiro atoms. The van der Waals surface area contributed by atoms with E-state index < -0.39 is 11.0 Å². The van der Waals surface area contributed by atoms with Crippen LogP contribution in [0, 0.1) is 17.8 Å². The first-order valence-corrected chi connectivity index (χ1v) is 4.18. The Hall–Kier alpha value is -0.740. The van der Waals surface area contributed by atoms with Crippen LogP contribution in [-0.4, -0.2) is 10.7 Å². The molecule has 0 aliphatic heterocycles. The molecule has 1 N–H and O–H groups in total. The number of hydrogen-bond acceptors (Lipinski definition) is 1. The van der Waals surface area contributed by atoms with Crippen LogP contribution in [0.4, 0.5) is 0 Å². The SMILES string of the molecule is C#CC(O)(CC)C(C)(C)C(=C)C. The fourth-order valence-electron chi connectivity index (χ4n) is 1.08. The molecule has 0 rings (SSSR count). The highest BCUT2D eigenvalue weighted by molar-refractivity contribution is 5.23. The zero-order valence-corrected chi connectivity index (χ0v) is 8.44. The lowest BCUT2D eigenvalue weighted by Gasteiger charge is -2.39. The van der Waals surface area contributed by atoms with Gasteiger partial charge in [0.15, 0.2) is 0 Å². The van der Waals surface area contributed by atoms with Crippen LogP contribution in [0.1, 0.15) is 34.1 Å². The molecule has 0 amide bonds. The molecule has 0 radical (unpaired) electrons. The minimum Gasteiger partial charge on any atom is -0.377 e. The van der Waals surface area contributed by atoms with E-state index in [0.717, 1.165) is 5.57 Å². The van der Waals surface area contributed by atoms with Crippen LogP contribution in [-0.2, 0) is 0 Å². The first-order chi connectivity index (χ1) is 5.31. The molecular formula is C11H18O. The van der Waals surface area contributed by atoms with Crippen molar-refractivity contribution in [3.63, 3.8) is 0 Å². The summed E-state index contributed by atoms with van der Waals surface area (Å²) in [7, 11) is 0. The van der Waals surface area contributed by atoms with Crippen molar-refractivity contribution in [3.8, 4) is 12.3 Å². The van der Waals surface area contributed by atoms with Gasteiger partial charge in [-0.25, -0.2) is 0 Å². The molecule has 1 nitrogen and oxygen atoms in total. The van der Waals surface area contributed by atoms with Gasteiger partial charge in [-0.3, -0.25) is 0 Å². The molecule has 0 aromatic carbocycles. The van der Waals surface area contributed by atoms with Gasteiger partial charge >= 0.3 is 0 Å². The fourth-order valence-corrected chi connectivity index (χ4v) is 1.08. The first kappa shape index (κ1) is 11.3. The number of aliphatic hydroxyl groups is 1. The van der Waals surface area contributed by atoms with Gasteiger partial charge in [0.2, 0.25) is 0 Å². The van der Waals surface area contributed by atoms with Gasteiger partial charge in [0.1, 0.15) is 5.60 Å². The Morgan fingerprint density at radius 2 is 2.00 bits per heavy atom. The molecule has 1 unspecified atom stereocenters. The van der Waals surface area contributed by atoms with E-state index >= 15 is 0 Å². The molecule has 0 heterocycles. The largest absolute Gasteiger partial charge is 0.377 e. The van der Waals surface area contributed by atoms with E-state index in [0.29, 0.717) is 6.42 Å². The third-order valence-electron chi connectivity index (χ3n) is 2.85. The number of hydrogen-bond donors (Lipinski definition) is 1. The third kappa shape index (κ3) is 1.54. The van der Waals surface area contributed by atoms with E-state index in [9.17, 15) is 5.11 Å². The Balaban J connectivity index is 5.00. The molecule has 0 saturated carbocycles. The van der Waals surface area contributed by atoms with Gasteiger partial charge in [0.25, 0.3) is 0 Å². The van der Waals surface area contributed by atoms with Gasteiger partial charge in [-0.2, -0.15) is 0 Å². The summed E-state index contributed by atoms with van der Waals surface area (Å²) in [6.07, 6.45) is 5.85. The zero-order chi connectivity index (χ0) is 9.99. The van der Waals surface area contributed by atoms with Crippen LogP contribution in [0.5, 0.6) is 0 Å². The summed E-state index contributed by atoms with van der Waals surface area (Å²) >= 11 is 0. The van der Waals surface area contributed by atoms with Crippen LogP contribution in [0.25, 0.3) is 0 Å². The molecule has 68 valence electrons. The van der Waals surface area contributed by atoms with Crippen LogP contribution in [0.15, 0.2) is 12.2 Å². The summed E-state index contributed by atoms with van der Waals surface area (Å²) in [6.45, 7) is 11.4. The second kappa shape index (κ2) is 3.33. The molecule has 0 saturated heterocycles. The summed E-state index contributed by atoms with van der Waals surface area (Å²) in [5, 5.41) is 10.0. The predicted molar refractivity (Wildman–Crippen MR) is 52.7 cm³/mol. The fraction of sp³-hybridized carbons (Fsp3) is 0.636. The quantitative estimate of drug-likeness (QED) is 0.504. The Bertz CT molecular complexity index is 220. The van der Waals surface area contributed by atoms with Crippen molar-refractivity contribution >= 4 is 0 Å². The highest BCUT2D eigenvalue weighted by Gasteiger charge is 2.40. The third-order valence-corrected chi connectivity index (χ3v) is 2.85. The highest BCUT2D eigenvalue weighted by Crippen LogP contribution is 2.38. The maximum Gasteiger partial charge on any atom is 0.133 e. The van der Waals surface area contributed by atoms with Crippen LogP contribution in [0.2, 0.25) is 0 Å². The van der Waals surface area contributed by atoms with Crippen molar-refractivity contribution in [2.75, 3.05) is 0 Å². The molecule has 0 aliphatic rings. The van der Waals surface area contributed by atoms with E-state index in [1.54, 1.807) is 0 Å². The Kier molecular flexibility index (Phi) is 3.12. The van der Waals surface area contributed by atoms with Crippen LogP contribution < -0.4 is 0 Å². The summed E-state index contributed by atoms with van der Waals surface area (Å²) < 4.78 is 0. The molecule has 12 heavy (non-hydrogen) atoms. The van der Waals surface area contributed by atoms with Gasteiger partial charge < -0.3 is 5.11 Å². The number of terminal acetylenes is 1. The van der Waals surface area contributed by atoms with Crippen molar-refractivity contribution < 1.29 is 5.11 Å². The lowest BCUT2D eigenvalue weighted by molar-refractivity contribution is 0.00325. The normalized spacial score (nSPS) is 16.3. The molecule has 0 bridgehead atoms. The maximum absolute atomic E-state index is 10.0. The molecule has 1 heteroatoms. The molecule has 0 aromatic rings. The summed E-state index contributed by atoms with van der Waals surface area (Å²) in [5.74, 6) is 2.44. The Morgan fingerprint density at radius 3 is 2.08 bits per heavy atom. The Labute approximate surface area is 75.5 Å². The van der Waals surface area contributed by atoms with Gasteiger partial charge in [-0.05, 0) is 13.3 Å². The second-order valence-electron chi connectivity index (χ2n) is 3.76. The van der Waals surface area contributed by atoms with E-state index in [4.69, 9.17) is 6.42 Å². The topological polar surface area (TPSA) is 20.2 Å². The maximum atomic E-state index is 10.0. The van der Waals surface area contributed by atoms with E-state index in [2.05, 4.69) is 12.5 Å². The molecule has 0 aliphatic carbocycles. The minimum absolute atomic E-state index is 0.420. The number of rotatable bonds is 3. The average Bonchev–Trinajstić information content (AvgIpc) is 2.02. The molecular weight excluding hydrogens is 148 g/mol. The van der Waals surface area contributed by atoms with Gasteiger partial charge in [0.05, 0.1) is 0 Å². The van der Waals surface area contributed by atoms with Crippen molar-refractivity contribution in [2.24, 2.45) is 5.41 Å². The van der Waals surface area contributed by atoms with E-state index in [1.165, 1.54) is 0 Å². The van der Waals surface area contributed by atoms with Crippen molar-refractivity contribution in [1.29, 1.82) is 0 Å². The van der Waals surface area contributed by atoms with Gasteiger partial charge in [-0.1, -0.05) is 38.8 Å². The minimum atomic E-state index is -1.07. The van der Waals surface area contributed by atoms with E-state index in [1.807, 2.05) is 27.7 Å². The molecule has 0 aromatic heterocycles. The lowest BCUT2D eigenvalue weighted by Crippen LogP contribution is -2.43. The van der Waals surface area contributed by atoms with Crippen LogP contribution >= 0.6 is 0 Å². The smallest absolute Gasteiger partial charge is 0.133 e. The predicted octanol–water partition coefficient (Wildman–Crippen LogP) is 2.36. The molecule has 1 atom stereocenters. The van der Waals surface area contributed by atoms with E-state index in [-0.39, 0.29) is 0 Å². The van der Waals surface area contributed by atoms with Crippen molar-refractivity contribution in [3.05, 3.63) is 12.2 Å². The van der Waals surface area contributed by atoms with Gasteiger partial charge in [-0.15, -0.1) is 6.42 Å². The standard InChI is InChI=1S/C11H18O/c1-7-11(12,8-2)10(5,6)9(3)4/h1,12H,3,8H2,2,4-6H3. The Morgan fingerprint density at radius 1 is 1.58 bits per heavy atom. The summed E-state index contributed by atoms with van der Waals surface area (Å²) in [4.78, 5) is 0. The molecule has 0 fully saturated rings. The lowest BCUT2D eigenvalue weighted by atomic mass is 9.69. The first-order valence-electron chi connectivity index (χ1n) is 4.18. The van der Waals surface area contributed by atoms with Crippen LogP contribution in [0.3, 0.4) is 0 Å². The van der Waals surface area contributed by atoms with Crippen molar-refractivity contribution in [1.82, 2.24) is 0 Å². The average molecular weight is 166 g/mol. The summed E-state index contributed by atoms with van der Waals surface area (Å²) in [6, 6.07) is 0. The zero-order valence-electron chi connectivity index (χ0n) is 8.44.